The summed E-state index contributed by atoms with van der Waals surface area (Å²) >= 11 is 6.52. The summed E-state index contributed by atoms with van der Waals surface area (Å²) < 4.78 is 47.1. The molecule has 12 heteroatoms. The molecule has 372 valence electrons. The van der Waals surface area contributed by atoms with E-state index in [1.54, 1.807) is 42.4 Å². The van der Waals surface area contributed by atoms with E-state index in [1.807, 2.05) is 5.41 Å². The molecule has 0 N–H and O–H groups in total. The van der Waals surface area contributed by atoms with Crippen LogP contribution in [0.5, 0.6) is 34.5 Å². The van der Waals surface area contributed by atoms with Crippen molar-refractivity contribution in [2.45, 2.75) is 156 Å². The van der Waals surface area contributed by atoms with E-state index in [1.165, 1.54) is 67.4 Å². The van der Waals surface area contributed by atoms with Gasteiger partial charge in [-0.25, -0.2) is 4.79 Å². The summed E-state index contributed by atoms with van der Waals surface area (Å²) in [5, 5.41) is 12.4. The Labute approximate surface area is 424 Å². The second-order valence-electron chi connectivity index (χ2n) is 17.6. The third-order valence-electron chi connectivity index (χ3n) is 12.1. The van der Waals surface area contributed by atoms with Gasteiger partial charge in [-0.05, 0) is 136 Å². The van der Waals surface area contributed by atoms with Gasteiger partial charge < -0.3 is 33.2 Å². The predicted octanol–water partition coefficient (Wildman–Crippen LogP) is 17.9. The van der Waals surface area contributed by atoms with Gasteiger partial charge in [0.1, 0.15) is 4.91 Å². The molecule has 8 nitrogen and oxygen atoms in total. The predicted molar refractivity (Wildman–Crippen MR) is 294 cm³/mol. The van der Waals surface area contributed by atoms with Gasteiger partial charge in [-0.3, -0.25) is 0 Å². The Morgan fingerprint density at radius 2 is 0.721 bits per heavy atom. The van der Waals surface area contributed by atoms with Gasteiger partial charge >= 0.3 is 5.97 Å². The minimum atomic E-state index is -0.236. The minimum absolute atomic E-state index is 0.236. The van der Waals surface area contributed by atoms with Crippen LogP contribution < -0.4 is 28.4 Å². The van der Waals surface area contributed by atoms with E-state index >= 15 is 0 Å². The highest BCUT2D eigenvalue weighted by Crippen LogP contribution is 2.53. The van der Waals surface area contributed by atoms with Crippen LogP contribution in [0, 0.1) is 0 Å². The number of benzene rings is 4. The molecule has 2 heterocycles. The first-order valence-corrected chi connectivity index (χ1v) is 29.1. The molecule has 0 saturated carbocycles. The summed E-state index contributed by atoms with van der Waals surface area (Å²) in [6.45, 7) is 12.4. The van der Waals surface area contributed by atoms with Crippen LogP contribution in [0.25, 0.3) is 32.3 Å². The summed E-state index contributed by atoms with van der Waals surface area (Å²) in [6, 6.07) is 13.0. The number of carbonyl (C=O) groups is 1. The molecule has 6 rings (SSSR count). The monoisotopic (exact) mass is 1000 g/mol. The van der Waals surface area contributed by atoms with E-state index in [-0.39, 0.29) is 5.97 Å². The quantitative estimate of drug-likeness (QED) is 0.0254. The van der Waals surface area contributed by atoms with Crippen molar-refractivity contribution >= 4 is 85.3 Å². The fourth-order valence-electron chi connectivity index (χ4n) is 8.30. The molecule has 0 saturated heterocycles. The van der Waals surface area contributed by atoms with E-state index in [4.69, 9.17) is 33.2 Å². The molecule has 4 aromatic carbocycles. The molecule has 4 aromatic rings. The Hall–Kier alpha value is -3.45. The molecule has 68 heavy (non-hydrogen) atoms. The van der Waals surface area contributed by atoms with Gasteiger partial charge in [-0.15, -0.1) is 0 Å². The third kappa shape index (κ3) is 16.0. The van der Waals surface area contributed by atoms with Crippen molar-refractivity contribution in [1.82, 2.24) is 0 Å². The molecule has 0 bridgehead atoms. The maximum atomic E-state index is 12.7. The van der Waals surface area contributed by atoms with Gasteiger partial charge in [0.15, 0.2) is 34.5 Å². The zero-order valence-electron chi connectivity index (χ0n) is 41.5. The number of thioether (sulfide) groups is 4. The molecule has 2 aliphatic heterocycles. The topological polar surface area (TPSA) is 81.7 Å². The number of hydrogen-bond donors (Lipinski definition) is 0. The second kappa shape index (κ2) is 30.3. The van der Waals surface area contributed by atoms with E-state index in [0.29, 0.717) is 56.0 Å². The maximum absolute atomic E-state index is 12.7. The average Bonchev–Trinajstić information content (AvgIpc) is 4.09. The number of esters is 1. The summed E-state index contributed by atoms with van der Waals surface area (Å²) in [4.78, 5) is 13.4. The molecule has 0 amide bonds. The first-order valence-electron chi connectivity index (χ1n) is 25.7. The van der Waals surface area contributed by atoms with Crippen LogP contribution in [0.1, 0.15) is 156 Å². The highest BCUT2D eigenvalue weighted by molar-refractivity contribution is 8.33. The highest BCUT2D eigenvalue weighted by Gasteiger charge is 2.24. The van der Waals surface area contributed by atoms with E-state index in [9.17, 15) is 4.79 Å². The number of unbranched alkanes of at least 4 members (excludes halogenated alkanes) is 15. The van der Waals surface area contributed by atoms with Crippen LogP contribution in [0.2, 0.25) is 0 Å². The first-order chi connectivity index (χ1) is 33.5. The lowest BCUT2D eigenvalue weighted by molar-refractivity contribution is -0.138. The van der Waals surface area contributed by atoms with Crippen LogP contribution >= 0.6 is 47.0 Å². The molecule has 0 fully saturated rings. The number of rotatable bonds is 34. The number of carbonyl (C=O) groups excluding carboxylic acids is 1. The van der Waals surface area contributed by atoms with Gasteiger partial charge in [0.2, 0.25) is 0 Å². The van der Waals surface area contributed by atoms with Crippen LogP contribution in [0.15, 0.2) is 66.0 Å². The largest absolute Gasteiger partial charge is 0.493 e. The Balaban J connectivity index is 1.27. The van der Waals surface area contributed by atoms with Crippen LogP contribution in [-0.2, 0) is 9.53 Å². The Morgan fingerprint density at radius 3 is 1.07 bits per heavy atom. The zero-order valence-corrected chi connectivity index (χ0v) is 44.7. The fourth-order valence-corrected chi connectivity index (χ4v) is 12.6. The normalized spacial score (nSPS) is 13.5. The smallest absolute Gasteiger partial charge is 0.345 e. The lowest BCUT2D eigenvalue weighted by Crippen LogP contribution is -2.06. The van der Waals surface area contributed by atoms with Gasteiger partial charge in [-0.1, -0.05) is 152 Å². The van der Waals surface area contributed by atoms with Crippen molar-refractivity contribution in [3.8, 4) is 34.5 Å². The summed E-state index contributed by atoms with van der Waals surface area (Å²) in [6.07, 6.45) is 21.6. The van der Waals surface area contributed by atoms with Gasteiger partial charge in [0.05, 0.1) is 55.2 Å². The first kappa shape index (κ1) is 53.9. The molecular formula is C56H76O8S4. The summed E-state index contributed by atoms with van der Waals surface area (Å²) in [7, 11) is 1.71. The Kier molecular flexibility index (Phi) is 24.0. The minimum Gasteiger partial charge on any atom is -0.493 e. The molecule has 0 aliphatic carbocycles. The van der Waals surface area contributed by atoms with Crippen molar-refractivity contribution < 1.29 is 38.0 Å². The van der Waals surface area contributed by atoms with E-state index in [2.05, 4.69) is 74.9 Å². The number of fused-ring (bicyclic) bond motifs is 6. The molecule has 0 unspecified atom stereocenters. The third-order valence-corrected chi connectivity index (χ3v) is 17.1. The molecule has 0 radical (unpaired) electrons. The van der Waals surface area contributed by atoms with Crippen molar-refractivity contribution in [3.63, 3.8) is 0 Å². The lowest BCUT2D eigenvalue weighted by Gasteiger charge is -2.20. The highest BCUT2D eigenvalue weighted by atomic mass is 32.2. The molecule has 0 atom stereocenters. The Morgan fingerprint density at radius 1 is 0.397 bits per heavy atom. The zero-order chi connectivity index (χ0) is 47.8. The number of ether oxygens (including phenoxy) is 7. The van der Waals surface area contributed by atoms with Crippen LogP contribution in [0.4, 0.5) is 0 Å². The van der Waals surface area contributed by atoms with Crippen molar-refractivity contribution in [2.75, 3.05) is 46.8 Å². The van der Waals surface area contributed by atoms with E-state index in [0.717, 1.165) is 137 Å². The van der Waals surface area contributed by atoms with Gasteiger partial charge in [-0.2, -0.15) is 0 Å². The number of hydrogen-bond acceptors (Lipinski definition) is 12. The molecule has 0 spiro atoms. The standard InChI is InChI=1S/C56H76O8S4/c1-6-10-14-20-26-60-49-36-43-41-34-47(58-5)48(59-30-24-18-19-25-31-64-54(57)53-40-67-56(68-53)55-65-32-33-66-55)35-42(41)44-37-50(61-27-21-15-11-7-2)52(63-29-23-17-13-9-4)39-46(44)45(43)38-51(49)62-28-22-16-12-8-3/h32-40H,6-31H2,1-5H3. The van der Waals surface area contributed by atoms with Crippen LogP contribution in [-0.4, -0.2) is 52.7 Å². The maximum Gasteiger partial charge on any atom is 0.345 e. The van der Waals surface area contributed by atoms with Gasteiger partial charge in [0.25, 0.3) is 0 Å². The van der Waals surface area contributed by atoms with Crippen molar-refractivity contribution in [3.05, 3.63) is 66.0 Å². The van der Waals surface area contributed by atoms with Crippen molar-refractivity contribution in [2.24, 2.45) is 0 Å². The Bertz CT molecular complexity index is 2300. The van der Waals surface area contributed by atoms with E-state index < -0.39 is 0 Å². The second-order valence-corrected chi connectivity index (χ2v) is 21.8. The number of methoxy groups -OCH3 is 1. The average molecular weight is 1010 g/mol. The summed E-state index contributed by atoms with van der Waals surface area (Å²) in [5.41, 5.74) is 0. The van der Waals surface area contributed by atoms with Crippen LogP contribution in [0.3, 0.4) is 0 Å². The molecule has 0 aromatic heterocycles. The fraction of sp³-hybridized carbons (Fsp3) is 0.554. The molecule has 2 aliphatic rings. The van der Waals surface area contributed by atoms with Gasteiger partial charge in [0, 0.05) is 0 Å². The lowest BCUT2D eigenvalue weighted by atomic mass is 9.93. The molecular weight excluding hydrogens is 929 g/mol. The summed E-state index contributed by atoms with van der Waals surface area (Å²) in [5.74, 6) is 4.24. The SMILES string of the molecule is CCCCCCOc1cc2c3cc(OC)c(OCCCCCCOC(=O)C4=CSC(=C5SC=CS5)S4)cc3c3cc(OCCCCCC)c(OCCCCCC)cc3c2cc1OCCCCCC. The van der Waals surface area contributed by atoms with Crippen molar-refractivity contribution in [1.29, 1.82) is 0 Å².